The van der Waals surface area contributed by atoms with Crippen LogP contribution < -0.4 is 4.72 Å². The van der Waals surface area contributed by atoms with Crippen molar-refractivity contribution < 1.29 is 13.3 Å². The van der Waals surface area contributed by atoms with Gasteiger partial charge in [-0.2, -0.15) is 0 Å². The zero-order valence-electron chi connectivity index (χ0n) is 8.66. The lowest BCUT2D eigenvalue weighted by Gasteiger charge is -2.02. The Balaban J connectivity index is 2.86. The Hall–Kier alpha value is -1.98. The van der Waals surface area contributed by atoms with Crippen molar-refractivity contribution in [3.05, 3.63) is 28.4 Å². The van der Waals surface area contributed by atoms with Gasteiger partial charge < -0.3 is 10.1 Å². The fraction of sp³-hybridized carbons (Fsp3) is 0.222. The van der Waals surface area contributed by atoms with E-state index in [1.54, 1.807) is 0 Å². The van der Waals surface area contributed by atoms with E-state index in [4.69, 9.17) is 6.42 Å². The van der Waals surface area contributed by atoms with E-state index in [0.29, 0.717) is 0 Å². The van der Waals surface area contributed by atoms with Crippen LogP contribution in [-0.2, 0) is 10.0 Å². The Kier molecular flexibility index (Phi) is 4.14. The molecule has 0 spiro atoms. The van der Waals surface area contributed by atoms with Gasteiger partial charge in [0.15, 0.2) is 6.20 Å². The van der Waals surface area contributed by atoms with Gasteiger partial charge in [-0.25, -0.2) is 13.1 Å². The van der Waals surface area contributed by atoms with E-state index in [1.807, 2.05) is 0 Å². The molecule has 1 rings (SSSR count). The van der Waals surface area contributed by atoms with Gasteiger partial charge in [-0.15, -0.1) is 12.3 Å². The lowest BCUT2D eigenvalue weighted by atomic mass is 10.5. The number of nitrogens with one attached hydrogen (secondary N) is 1. The van der Waals surface area contributed by atoms with Gasteiger partial charge in [0.1, 0.15) is 4.90 Å². The van der Waals surface area contributed by atoms with Crippen LogP contribution in [0.5, 0.6) is 0 Å². The van der Waals surface area contributed by atoms with Crippen LogP contribution in [0.1, 0.15) is 6.42 Å². The van der Waals surface area contributed by atoms with Crippen LogP contribution in [0.15, 0.2) is 23.2 Å². The van der Waals surface area contributed by atoms with Gasteiger partial charge in [0, 0.05) is 19.0 Å². The maximum absolute atomic E-state index is 11.6. The number of nitro groups is 1. The number of sulfonamides is 1. The highest BCUT2D eigenvalue weighted by Gasteiger charge is 2.17. The second kappa shape index (κ2) is 5.38. The molecule has 0 aliphatic rings. The van der Waals surface area contributed by atoms with E-state index in [2.05, 4.69) is 15.6 Å². The highest BCUT2D eigenvalue weighted by molar-refractivity contribution is 7.89. The first kappa shape index (κ1) is 13.1. The van der Waals surface area contributed by atoms with Crippen molar-refractivity contribution >= 4 is 15.8 Å². The zero-order valence-corrected chi connectivity index (χ0v) is 9.48. The molecular formula is C9H9N3O4S. The molecule has 0 saturated carbocycles. The fourth-order valence-corrected chi connectivity index (χ4v) is 1.96. The van der Waals surface area contributed by atoms with Crippen LogP contribution in [-0.4, -0.2) is 24.9 Å². The molecule has 0 bridgehead atoms. The number of hydrogen-bond acceptors (Lipinski definition) is 5. The second-order valence-electron chi connectivity index (χ2n) is 2.96. The summed E-state index contributed by atoms with van der Waals surface area (Å²) >= 11 is 0. The van der Waals surface area contributed by atoms with Crippen molar-refractivity contribution in [2.24, 2.45) is 0 Å². The first-order valence-corrected chi connectivity index (χ1v) is 5.99. The van der Waals surface area contributed by atoms with E-state index >= 15 is 0 Å². The molecule has 7 nitrogen and oxygen atoms in total. The third-order valence-electron chi connectivity index (χ3n) is 1.78. The molecule has 0 radical (unpaired) electrons. The highest BCUT2D eigenvalue weighted by Crippen LogP contribution is 2.11. The standard InChI is InChI=1S/C9H9N3O4S/c1-2-3-6-11-17(15,16)8-4-5-9(10-7-8)12(13)14/h1,4-5,7,11H,3,6H2. The Bertz CT molecular complexity index is 545. The predicted molar refractivity (Wildman–Crippen MR) is 59.5 cm³/mol. The van der Waals surface area contributed by atoms with Crippen LogP contribution in [0.2, 0.25) is 0 Å². The predicted octanol–water partition coefficient (Wildman–Crippen LogP) is 0.291. The molecular weight excluding hydrogens is 246 g/mol. The normalized spacial score (nSPS) is 10.8. The summed E-state index contributed by atoms with van der Waals surface area (Å²) in [6, 6.07) is 2.14. The fourth-order valence-electron chi connectivity index (χ4n) is 0.980. The molecule has 8 heteroatoms. The summed E-state index contributed by atoms with van der Waals surface area (Å²) < 4.78 is 25.4. The molecule has 1 N–H and O–H groups in total. The number of rotatable bonds is 5. The topological polar surface area (TPSA) is 102 Å². The van der Waals surface area contributed by atoms with Gasteiger partial charge in [-0.1, -0.05) is 0 Å². The van der Waals surface area contributed by atoms with Crippen LogP contribution in [0.4, 0.5) is 5.82 Å². The smallest absolute Gasteiger partial charge is 0.358 e. The molecule has 0 unspecified atom stereocenters. The molecule has 0 aliphatic carbocycles. The molecule has 0 atom stereocenters. The third kappa shape index (κ3) is 3.51. The Morgan fingerprint density at radius 3 is 2.71 bits per heavy atom. The molecule has 17 heavy (non-hydrogen) atoms. The molecule has 0 fully saturated rings. The van der Waals surface area contributed by atoms with Crippen LogP contribution in [0.25, 0.3) is 0 Å². The monoisotopic (exact) mass is 255 g/mol. The van der Waals surface area contributed by atoms with Crippen molar-refractivity contribution in [3.63, 3.8) is 0 Å². The molecule has 0 saturated heterocycles. The largest absolute Gasteiger partial charge is 0.363 e. The molecule has 1 aromatic rings. The lowest BCUT2D eigenvalue weighted by Crippen LogP contribution is -2.24. The minimum absolute atomic E-state index is 0.107. The SMILES string of the molecule is C#CCCNS(=O)(=O)c1ccc([N+](=O)[O-])nc1. The number of hydrogen-bond donors (Lipinski definition) is 1. The van der Waals surface area contributed by atoms with Gasteiger partial charge in [0.25, 0.3) is 0 Å². The first-order chi connectivity index (χ1) is 7.97. The van der Waals surface area contributed by atoms with E-state index in [9.17, 15) is 18.5 Å². The van der Waals surface area contributed by atoms with E-state index in [1.165, 1.54) is 0 Å². The molecule has 90 valence electrons. The number of pyridine rings is 1. The summed E-state index contributed by atoms with van der Waals surface area (Å²) in [6.45, 7) is 0.107. The number of nitrogens with zero attached hydrogens (tertiary/aromatic N) is 2. The quantitative estimate of drug-likeness (QED) is 0.352. The summed E-state index contributed by atoms with van der Waals surface area (Å²) in [6.07, 6.45) is 6.17. The number of terminal acetylenes is 1. The second-order valence-corrected chi connectivity index (χ2v) is 4.73. The van der Waals surface area contributed by atoms with Gasteiger partial charge in [0.05, 0.1) is 0 Å². The first-order valence-electron chi connectivity index (χ1n) is 4.51. The molecule has 1 aromatic heterocycles. The van der Waals surface area contributed by atoms with Crippen molar-refractivity contribution in [2.75, 3.05) is 6.54 Å². The molecule has 0 amide bonds. The van der Waals surface area contributed by atoms with E-state index < -0.39 is 20.8 Å². The van der Waals surface area contributed by atoms with Crippen LogP contribution in [0, 0.1) is 22.5 Å². The van der Waals surface area contributed by atoms with Gasteiger partial charge in [-0.3, -0.25) is 0 Å². The van der Waals surface area contributed by atoms with Crippen molar-refractivity contribution in [3.8, 4) is 12.3 Å². The Morgan fingerprint density at radius 1 is 1.53 bits per heavy atom. The number of aromatic nitrogens is 1. The summed E-state index contributed by atoms with van der Waals surface area (Å²) in [5.74, 6) is 1.87. The summed E-state index contributed by atoms with van der Waals surface area (Å²) in [4.78, 5) is 12.9. The minimum atomic E-state index is -3.71. The van der Waals surface area contributed by atoms with Crippen molar-refractivity contribution in [2.45, 2.75) is 11.3 Å². The average molecular weight is 255 g/mol. The van der Waals surface area contributed by atoms with Crippen LogP contribution >= 0.6 is 0 Å². The average Bonchev–Trinajstić information content (AvgIpc) is 2.29. The van der Waals surface area contributed by atoms with Gasteiger partial charge in [-0.05, 0) is 16.0 Å². The Labute approximate surface area is 98.1 Å². The van der Waals surface area contributed by atoms with Crippen molar-refractivity contribution in [1.29, 1.82) is 0 Å². The maximum Gasteiger partial charge on any atom is 0.363 e. The summed E-state index contributed by atoms with van der Waals surface area (Å²) in [5.41, 5.74) is 0. The molecule has 0 aliphatic heterocycles. The maximum atomic E-state index is 11.6. The summed E-state index contributed by atoms with van der Waals surface area (Å²) in [5, 5.41) is 10.3. The minimum Gasteiger partial charge on any atom is -0.358 e. The summed E-state index contributed by atoms with van der Waals surface area (Å²) in [7, 11) is -3.71. The highest BCUT2D eigenvalue weighted by atomic mass is 32.2. The van der Waals surface area contributed by atoms with E-state index in [-0.39, 0.29) is 17.9 Å². The van der Waals surface area contributed by atoms with Gasteiger partial charge >= 0.3 is 5.82 Å². The lowest BCUT2D eigenvalue weighted by molar-refractivity contribution is -0.389. The van der Waals surface area contributed by atoms with Crippen LogP contribution in [0.3, 0.4) is 0 Å². The van der Waals surface area contributed by atoms with Gasteiger partial charge in [0.2, 0.25) is 10.0 Å². The molecule has 1 heterocycles. The molecule has 0 aromatic carbocycles. The third-order valence-corrected chi connectivity index (χ3v) is 3.23. The van der Waals surface area contributed by atoms with E-state index in [0.717, 1.165) is 18.3 Å². The Morgan fingerprint density at radius 2 is 2.24 bits per heavy atom. The zero-order chi connectivity index (χ0) is 12.9. The van der Waals surface area contributed by atoms with Crippen molar-refractivity contribution in [1.82, 2.24) is 9.71 Å².